The third-order valence-electron chi connectivity index (χ3n) is 3.59. The maximum atomic E-state index is 6.34. The van der Waals surface area contributed by atoms with Gasteiger partial charge in [0.25, 0.3) is 0 Å². The van der Waals surface area contributed by atoms with Gasteiger partial charge in [-0.3, -0.25) is 0 Å². The molecule has 4 heteroatoms. The fourth-order valence-corrected chi connectivity index (χ4v) is 2.51. The molecule has 1 aromatic heterocycles. The summed E-state index contributed by atoms with van der Waals surface area (Å²) in [4.78, 5) is 4.22. The van der Waals surface area contributed by atoms with Crippen LogP contribution in [-0.2, 0) is 13.0 Å². The number of imidazole rings is 1. The molecule has 21 heavy (non-hydrogen) atoms. The van der Waals surface area contributed by atoms with Gasteiger partial charge in [-0.15, -0.1) is 0 Å². The van der Waals surface area contributed by atoms with E-state index in [-0.39, 0.29) is 0 Å². The largest absolute Gasteiger partial charge is 0.494 e. The lowest BCUT2D eigenvalue weighted by atomic mass is 10.1. The summed E-state index contributed by atoms with van der Waals surface area (Å²) in [6.45, 7) is 5.85. The molecule has 0 aliphatic heterocycles. The number of benzene rings is 1. The van der Waals surface area contributed by atoms with Crippen molar-refractivity contribution in [3.05, 3.63) is 47.0 Å². The fraction of sp³-hybridized carbons (Fsp3) is 0.471. The SMILES string of the molecule is CCCCCOc1ccc(CCn2ccnc2C)c(Cl)c1. The zero-order chi connectivity index (χ0) is 15.1. The third-order valence-corrected chi connectivity index (χ3v) is 3.94. The van der Waals surface area contributed by atoms with Crippen LogP contribution in [0.3, 0.4) is 0 Å². The zero-order valence-corrected chi connectivity index (χ0v) is 13.6. The second-order valence-electron chi connectivity index (χ2n) is 5.23. The number of unbranched alkanes of at least 4 members (excludes halogenated alkanes) is 2. The maximum Gasteiger partial charge on any atom is 0.120 e. The van der Waals surface area contributed by atoms with Crippen molar-refractivity contribution in [2.45, 2.75) is 46.1 Å². The van der Waals surface area contributed by atoms with Gasteiger partial charge < -0.3 is 9.30 Å². The molecule has 0 amide bonds. The van der Waals surface area contributed by atoms with E-state index < -0.39 is 0 Å². The highest BCUT2D eigenvalue weighted by Crippen LogP contribution is 2.23. The van der Waals surface area contributed by atoms with E-state index in [2.05, 4.69) is 22.5 Å². The van der Waals surface area contributed by atoms with Crippen LogP contribution in [0.2, 0.25) is 5.02 Å². The minimum Gasteiger partial charge on any atom is -0.494 e. The van der Waals surface area contributed by atoms with Crippen LogP contribution in [0.5, 0.6) is 5.75 Å². The Morgan fingerprint density at radius 2 is 2.14 bits per heavy atom. The Morgan fingerprint density at radius 3 is 2.81 bits per heavy atom. The fourth-order valence-electron chi connectivity index (χ4n) is 2.24. The topological polar surface area (TPSA) is 27.1 Å². The van der Waals surface area contributed by atoms with Gasteiger partial charge in [0.1, 0.15) is 11.6 Å². The molecule has 3 nitrogen and oxygen atoms in total. The van der Waals surface area contributed by atoms with Gasteiger partial charge in [-0.05, 0) is 37.5 Å². The first-order valence-corrected chi connectivity index (χ1v) is 7.97. The Balaban J connectivity index is 1.88. The van der Waals surface area contributed by atoms with Crippen molar-refractivity contribution in [1.29, 1.82) is 0 Å². The summed E-state index contributed by atoms with van der Waals surface area (Å²) in [7, 11) is 0. The molecule has 2 aromatic rings. The number of hydrogen-bond acceptors (Lipinski definition) is 2. The molecular weight excluding hydrogens is 284 g/mol. The first-order valence-electron chi connectivity index (χ1n) is 7.59. The van der Waals surface area contributed by atoms with Crippen LogP contribution in [0, 0.1) is 6.92 Å². The second kappa shape index (κ2) is 8.08. The molecule has 0 unspecified atom stereocenters. The Kier molecular flexibility index (Phi) is 6.12. The van der Waals surface area contributed by atoms with Gasteiger partial charge in [-0.1, -0.05) is 37.4 Å². The van der Waals surface area contributed by atoms with E-state index in [0.717, 1.165) is 48.2 Å². The minimum atomic E-state index is 0.762. The molecule has 0 saturated carbocycles. The maximum absolute atomic E-state index is 6.34. The predicted octanol–water partition coefficient (Wildman–Crippen LogP) is 4.66. The van der Waals surface area contributed by atoms with Gasteiger partial charge in [0, 0.05) is 24.0 Å². The zero-order valence-electron chi connectivity index (χ0n) is 12.8. The van der Waals surface area contributed by atoms with E-state index >= 15 is 0 Å². The number of halogens is 1. The van der Waals surface area contributed by atoms with Gasteiger partial charge in [-0.2, -0.15) is 0 Å². The molecule has 114 valence electrons. The molecule has 0 N–H and O–H groups in total. The number of aromatic nitrogens is 2. The van der Waals surface area contributed by atoms with Gasteiger partial charge in [-0.25, -0.2) is 4.98 Å². The first kappa shape index (κ1) is 15.9. The highest BCUT2D eigenvalue weighted by Gasteiger charge is 2.04. The summed E-state index contributed by atoms with van der Waals surface area (Å²) in [5, 5.41) is 0.778. The second-order valence-corrected chi connectivity index (χ2v) is 5.63. The summed E-state index contributed by atoms with van der Waals surface area (Å²) in [6.07, 6.45) is 8.22. The van der Waals surface area contributed by atoms with E-state index in [1.165, 1.54) is 12.8 Å². The molecular formula is C17H23ClN2O. The smallest absolute Gasteiger partial charge is 0.120 e. The van der Waals surface area contributed by atoms with Crippen molar-refractivity contribution in [2.24, 2.45) is 0 Å². The van der Waals surface area contributed by atoms with Gasteiger partial charge >= 0.3 is 0 Å². The van der Waals surface area contributed by atoms with E-state index in [0.29, 0.717) is 0 Å². The molecule has 0 aliphatic carbocycles. The van der Waals surface area contributed by atoms with E-state index in [1.807, 2.05) is 31.5 Å². The summed E-state index contributed by atoms with van der Waals surface area (Å²) in [6, 6.07) is 5.99. The Bertz CT molecular complexity index is 566. The highest BCUT2D eigenvalue weighted by atomic mass is 35.5. The van der Waals surface area contributed by atoms with Crippen molar-refractivity contribution < 1.29 is 4.74 Å². The highest BCUT2D eigenvalue weighted by molar-refractivity contribution is 6.31. The molecule has 0 aliphatic rings. The number of ether oxygens (including phenoxy) is 1. The lowest BCUT2D eigenvalue weighted by Gasteiger charge is -2.10. The lowest BCUT2D eigenvalue weighted by molar-refractivity contribution is 0.306. The van der Waals surface area contributed by atoms with Crippen LogP contribution in [-0.4, -0.2) is 16.2 Å². The molecule has 0 fully saturated rings. The molecule has 0 atom stereocenters. The number of aryl methyl sites for hydroxylation is 3. The van der Waals surface area contributed by atoms with Crippen molar-refractivity contribution >= 4 is 11.6 Å². The molecule has 1 aromatic carbocycles. The first-order chi connectivity index (χ1) is 10.2. The molecule has 0 radical (unpaired) electrons. The standard InChI is InChI=1S/C17H23ClN2O/c1-3-4-5-12-21-16-7-6-15(17(18)13-16)8-10-20-11-9-19-14(20)2/h6-7,9,11,13H,3-5,8,10,12H2,1-2H3. The Labute approximate surface area is 131 Å². The van der Waals surface area contributed by atoms with Gasteiger partial charge in [0.05, 0.1) is 6.61 Å². The van der Waals surface area contributed by atoms with Crippen LogP contribution in [0.4, 0.5) is 0 Å². The number of hydrogen-bond donors (Lipinski definition) is 0. The molecule has 0 saturated heterocycles. The normalized spacial score (nSPS) is 10.8. The van der Waals surface area contributed by atoms with Crippen LogP contribution in [0.25, 0.3) is 0 Å². The molecule has 0 bridgehead atoms. The molecule has 1 heterocycles. The Hall–Kier alpha value is -1.48. The number of nitrogens with zero attached hydrogens (tertiary/aromatic N) is 2. The lowest BCUT2D eigenvalue weighted by Crippen LogP contribution is -2.03. The summed E-state index contributed by atoms with van der Waals surface area (Å²) < 4.78 is 7.84. The van der Waals surface area contributed by atoms with Crippen LogP contribution >= 0.6 is 11.6 Å². The van der Waals surface area contributed by atoms with Gasteiger partial charge in [0.2, 0.25) is 0 Å². The van der Waals surface area contributed by atoms with Crippen molar-refractivity contribution in [1.82, 2.24) is 9.55 Å². The average Bonchev–Trinajstić information content (AvgIpc) is 2.88. The minimum absolute atomic E-state index is 0.762. The van der Waals surface area contributed by atoms with E-state index in [4.69, 9.17) is 16.3 Å². The predicted molar refractivity (Wildman–Crippen MR) is 87.1 cm³/mol. The molecule has 0 spiro atoms. The van der Waals surface area contributed by atoms with Crippen LogP contribution in [0.15, 0.2) is 30.6 Å². The van der Waals surface area contributed by atoms with Crippen LogP contribution in [0.1, 0.15) is 37.6 Å². The average molecular weight is 307 g/mol. The molecule has 2 rings (SSSR count). The quantitative estimate of drug-likeness (QED) is 0.663. The summed E-state index contributed by atoms with van der Waals surface area (Å²) in [5.74, 6) is 1.89. The third kappa shape index (κ3) is 4.78. The Morgan fingerprint density at radius 1 is 1.29 bits per heavy atom. The van der Waals surface area contributed by atoms with Gasteiger partial charge in [0.15, 0.2) is 0 Å². The van der Waals surface area contributed by atoms with Crippen molar-refractivity contribution in [3.63, 3.8) is 0 Å². The summed E-state index contributed by atoms with van der Waals surface area (Å²) >= 11 is 6.34. The van der Waals surface area contributed by atoms with Crippen molar-refractivity contribution in [2.75, 3.05) is 6.61 Å². The van der Waals surface area contributed by atoms with E-state index in [1.54, 1.807) is 0 Å². The number of rotatable bonds is 8. The summed E-state index contributed by atoms with van der Waals surface area (Å²) in [5.41, 5.74) is 1.14. The monoisotopic (exact) mass is 306 g/mol. The van der Waals surface area contributed by atoms with Crippen LogP contribution < -0.4 is 4.74 Å². The van der Waals surface area contributed by atoms with Crippen molar-refractivity contribution in [3.8, 4) is 5.75 Å². The van der Waals surface area contributed by atoms with E-state index in [9.17, 15) is 0 Å².